The molecular formula is C25H30N4O3. The minimum Gasteiger partial charge on any atom is -0.481 e. The predicted octanol–water partition coefficient (Wildman–Crippen LogP) is 3.87. The van der Waals surface area contributed by atoms with Crippen LogP contribution in [0.1, 0.15) is 55.5 Å². The van der Waals surface area contributed by atoms with Crippen LogP contribution in [0, 0.1) is 0 Å². The molecule has 1 saturated heterocycles. The van der Waals surface area contributed by atoms with Gasteiger partial charge in [-0.15, -0.1) is 0 Å². The standard InChI is InChI=1S/C25H30N4O3/c1-16(2)18-4-7-21(8-5-18)32-17(3)25(31)29-12-10-20(11-13-29)28-24(30)19-6-9-22-23(14-19)27-15-26-22/h4-9,14-17,20H,10-13H2,1-3H3,(H,26,27)(H,28,30). The van der Waals surface area contributed by atoms with Gasteiger partial charge in [-0.2, -0.15) is 0 Å². The van der Waals surface area contributed by atoms with Crippen LogP contribution in [0.15, 0.2) is 48.8 Å². The van der Waals surface area contributed by atoms with Crippen LogP contribution in [-0.2, 0) is 4.79 Å². The minimum absolute atomic E-state index is 0.0209. The van der Waals surface area contributed by atoms with Crippen molar-refractivity contribution in [3.8, 4) is 5.75 Å². The molecule has 1 atom stereocenters. The van der Waals surface area contributed by atoms with E-state index in [9.17, 15) is 9.59 Å². The van der Waals surface area contributed by atoms with Crippen molar-refractivity contribution in [2.45, 2.75) is 51.7 Å². The Hall–Kier alpha value is -3.35. The fourth-order valence-electron chi connectivity index (χ4n) is 4.03. The van der Waals surface area contributed by atoms with Crippen LogP contribution in [0.5, 0.6) is 5.75 Å². The molecule has 7 nitrogen and oxygen atoms in total. The van der Waals surface area contributed by atoms with Gasteiger partial charge in [0.2, 0.25) is 0 Å². The lowest BCUT2D eigenvalue weighted by molar-refractivity contribution is -0.139. The van der Waals surface area contributed by atoms with Crippen LogP contribution in [0.4, 0.5) is 0 Å². The lowest BCUT2D eigenvalue weighted by Gasteiger charge is -2.33. The Labute approximate surface area is 188 Å². The second-order valence-electron chi connectivity index (χ2n) is 8.69. The lowest BCUT2D eigenvalue weighted by atomic mass is 10.0. The van der Waals surface area contributed by atoms with Gasteiger partial charge in [0, 0.05) is 24.7 Å². The number of hydrogen-bond donors (Lipinski definition) is 2. The first-order valence-electron chi connectivity index (χ1n) is 11.2. The van der Waals surface area contributed by atoms with Crippen molar-refractivity contribution in [1.82, 2.24) is 20.2 Å². The predicted molar refractivity (Wildman–Crippen MR) is 124 cm³/mol. The summed E-state index contributed by atoms with van der Waals surface area (Å²) in [5.74, 6) is 1.03. The number of H-pyrrole nitrogens is 1. The summed E-state index contributed by atoms with van der Waals surface area (Å²) in [5.41, 5.74) is 3.52. The number of piperidine rings is 1. The number of nitrogens with one attached hydrogen (secondary N) is 2. The smallest absolute Gasteiger partial charge is 0.263 e. The van der Waals surface area contributed by atoms with Crippen molar-refractivity contribution in [2.24, 2.45) is 0 Å². The van der Waals surface area contributed by atoms with Crippen molar-refractivity contribution < 1.29 is 14.3 Å². The Morgan fingerprint density at radius 3 is 2.50 bits per heavy atom. The van der Waals surface area contributed by atoms with Gasteiger partial charge >= 0.3 is 0 Å². The van der Waals surface area contributed by atoms with Crippen LogP contribution in [0.25, 0.3) is 11.0 Å². The maximum atomic E-state index is 12.8. The third-order valence-electron chi connectivity index (χ3n) is 6.03. The minimum atomic E-state index is -0.549. The fraction of sp³-hybridized carbons (Fsp3) is 0.400. The summed E-state index contributed by atoms with van der Waals surface area (Å²) in [6.07, 6.45) is 2.51. The van der Waals surface area contributed by atoms with Crippen LogP contribution >= 0.6 is 0 Å². The van der Waals surface area contributed by atoms with E-state index in [1.807, 2.05) is 41.3 Å². The highest BCUT2D eigenvalue weighted by Crippen LogP contribution is 2.21. The van der Waals surface area contributed by atoms with Gasteiger partial charge in [-0.3, -0.25) is 9.59 Å². The molecule has 1 unspecified atom stereocenters. The second-order valence-corrected chi connectivity index (χ2v) is 8.69. The number of ether oxygens (including phenoxy) is 1. The third-order valence-corrected chi connectivity index (χ3v) is 6.03. The van der Waals surface area contributed by atoms with Crippen molar-refractivity contribution in [3.05, 3.63) is 59.9 Å². The highest BCUT2D eigenvalue weighted by Gasteiger charge is 2.28. The highest BCUT2D eigenvalue weighted by atomic mass is 16.5. The van der Waals surface area contributed by atoms with E-state index < -0.39 is 6.10 Å². The average Bonchev–Trinajstić information content (AvgIpc) is 3.27. The quantitative estimate of drug-likeness (QED) is 0.616. The van der Waals surface area contributed by atoms with E-state index in [4.69, 9.17) is 4.74 Å². The van der Waals surface area contributed by atoms with Crippen molar-refractivity contribution in [3.63, 3.8) is 0 Å². The summed E-state index contributed by atoms with van der Waals surface area (Å²) in [6, 6.07) is 13.4. The zero-order valence-electron chi connectivity index (χ0n) is 18.8. The molecule has 0 radical (unpaired) electrons. The van der Waals surface area contributed by atoms with Gasteiger partial charge < -0.3 is 19.9 Å². The Balaban J connectivity index is 1.26. The topological polar surface area (TPSA) is 87.3 Å². The van der Waals surface area contributed by atoms with Crippen LogP contribution in [0.2, 0.25) is 0 Å². The maximum Gasteiger partial charge on any atom is 0.263 e. The number of nitrogens with zero attached hydrogens (tertiary/aromatic N) is 2. The molecule has 32 heavy (non-hydrogen) atoms. The summed E-state index contributed by atoms with van der Waals surface area (Å²) in [6.45, 7) is 7.28. The first kappa shape index (κ1) is 21.9. The van der Waals surface area contributed by atoms with Gasteiger partial charge in [0.1, 0.15) is 5.75 Å². The molecule has 7 heteroatoms. The maximum absolute atomic E-state index is 12.8. The molecule has 2 amide bonds. The van der Waals surface area contributed by atoms with E-state index in [1.165, 1.54) is 5.56 Å². The van der Waals surface area contributed by atoms with Gasteiger partial charge in [-0.05, 0) is 61.6 Å². The molecule has 0 bridgehead atoms. The van der Waals surface area contributed by atoms with Crippen molar-refractivity contribution in [2.75, 3.05) is 13.1 Å². The number of carbonyl (C=O) groups excluding carboxylic acids is 2. The number of fused-ring (bicyclic) bond motifs is 1. The molecule has 1 aliphatic heterocycles. The normalized spacial score (nSPS) is 15.7. The molecule has 2 N–H and O–H groups in total. The van der Waals surface area contributed by atoms with Crippen molar-refractivity contribution in [1.29, 1.82) is 0 Å². The number of benzene rings is 2. The summed E-state index contributed by atoms with van der Waals surface area (Å²) in [4.78, 5) is 34.5. The molecule has 1 aromatic heterocycles. The lowest BCUT2D eigenvalue weighted by Crippen LogP contribution is -2.49. The first-order valence-corrected chi connectivity index (χ1v) is 11.2. The average molecular weight is 435 g/mol. The molecule has 4 rings (SSSR count). The summed E-state index contributed by atoms with van der Waals surface area (Å²) >= 11 is 0. The van der Waals surface area contributed by atoms with E-state index in [2.05, 4.69) is 29.1 Å². The molecular weight excluding hydrogens is 404 g/mol. The number of aromatic amines is 1. The summed E-state index contributed by atoms with van der Waals surface area (Å²) < 4.78 is 5.87. The van der Waals surface area contributed by atoms with E-state index in [0.717, 1.165) is 23.9 Å². The van der Waals surface area contributed by atoms with Crippen LogP contribution < -0.4 is 10.1 Å². The number of likely N-dealkylation sites (tertiary alicyclic amines) is 1. The zero-order valence-corrected chi connectivity index (χ0v) is 18.8. The molecule has 168 valence electrons. The van der Waals surface area contributed by atoms with E-state index in [0.29, 0.717) is 30.3 Å². The van der Waals surface area contributed by atoms with Crippen LogP contribution in [0.3, 0.4) is 0 Å². The summed E-state index contributed by atoms with van der Waals surface area (Å²) in [7, 11) is 0. The van der Waals surface area contributed by atoms with Gasteiger partial charge in [-0.1, -0.05) is 26.0 Å². The molecule has 2 heterocycles. The SMILES string of the molecule is CC(Oc1ccc(C(C)C)cc1)C(=O)N1CCC(NC(=O)c2ccc3nc[nH]c3c2)CC1. The van der Waals surface area contributed by atoms with Gasteiger partial charge in [-0.25, -0.2) is 4.98 Å². The van der Waals surface area contributed by atoms with Crippen molar-refractivity contribution >= 4 is 22.8 Å². The monoisotopic (exact) mass is 434 g/mol. The molecule has 0 aliphatic carbocycles. The molecule has 1 fully saturated rings. The second kappa shape index (κ2) is 9.42. The largest absolute Gasteiger partial charge is 0.481 e. The molecule has 3 aromatic rings. The Kier molecular flexibility index (Phi) is 6.44. The van der Waals surface area contributed by atoms with E-state index in [-0.39, 0.29) is 17.9 Å². The van der Waals surface area contributed by atoms with Gasteiger partial charge in [0.05, 0.1) is 17.4 Å². The third kappa shape index (κ3) is 4.93. The molecule has 1 aliphatic rings. The molecule has 0 saturated carbocycles. The Morgan fingerprint density at radius 1 is 1.09 bits per heavy atom. The number of aromatic nitrogens is 2. The zero-order chi connectivity index (χ0) is 22.7. The van der Waals surface area contributed by atoms with Crippen LogP contribution in [-0.4, -0.2) is 51.9 Å². The molecule has 0 spiro atoms. The summed E-state index contributed by atoms with van der Waals surface area (Å²) in [5, 5.41) is 3.09. The fourth-order valence-corrected chi connectivity index (χ4v) is 4.03. The van der Waals surface area contributed by atoms with Gasteiger partial charge in [0.25, 0.3) is 11.8 Å². The Morgan fingerprint density at radius 2 is 1.81 bits per heavy atom. The highest BCUT2D eigenvalue weighted by molar-refractivity contribution is 5.97. The van der Waals surface area contributed by atoms with Gasteiger partial charge in [0.15, 0.2) is 6.10 Å². The van der Waals surface area contributed by atoms with E-state index in [1.54, 1.807) is 19.3 Å². The number of carbonyl (C=O) groups is 2. The number of imidazole rings is 1. The number of hydrogen-bond acceptors (Lipinski definition) is 4. The molecule has 2 aromatic carbocycles. The number of rotatable bonds is 6. The number of amides is 2. The van der Waals surface area contributed by atoms with E-state index >= 15 is 0 Å². The Bertz CT molecular complexity index is 1080. The first-order chi connectivity index (χ1) is 15.4.